The summed E-state index contributed by atoms with van der Waals surface area (Å²) in [5.41, 5.74) is 0. The molecule has 0 amide bonds. The van der Waals surface area contributed by atoms with Crippen molar-refractivity contribution in [3.8, 4) is 0 Å². The van der Waals surface area contributed by atoms with Crippen LogP contribution in [0.25, 0.3) is 0 Å². The van der Waals surface area contributed by atoms with Gasteiger partial charge in [-0.05, 0) is 19.3 Å². The quantitative estimate of drug-likeness (QED) is 0.490. The molecule has 1 atom stereocenters. The Bertz CT molecular complexity index is 123. The summed E-state index contributed by atoms with van der Waals surface area (Å²) in [6.07, 6.45) is 3.07. The fourth-order valence-electron chi connectivity index (χ4n) is 1.01. The number of aliphatic hydroxyl groups is 1. The van der Waals surface area contributed by atoms with Gasteiger partial charge in [0, 0.05) is 6.92 Å². The monoisotopic (exact) mass is 174 g/mol. The Labute approximate surface area is 73.7 Å². The second-order valence-electron chi connectivity index (χ2n) is 2.92. The van der Waals surface area contributed by atoms with Crippen LogP contribution >= 0.6 is 0 Å². The molecular weight excluding hydrogens is 156 g/mol. The van der Waals surface area contributed by atoms with Crippen molar-refractivity contribution in [2.24, 2.45) is 0 Å². The van der Waals surface area contributed by atoms with E-state index in [0.29, 0.717) is 6.61 Å². The van der Waals surface area contributed by atoms with Crippen molar-refractivity contribution >= 4 is 5.97 Å². The topological polar surface area (TPSA) is 46.5 Å². The third-order valence-electron chi connectivity index (χ3n) is 1.61. The van der Waals surface area contributed by atoms with Gasteiger partial charge in [-0.3, -0.25) is 4.79 Å². The smallest absolute Gasteiger partial charge is 0.302 e. The molecule has 0 fully saturated rings. The van der Waals surface area contributed by atoms with Crippen LogP contribution in [0.3, 0.4) is 0 Å². The van der Waals surface area contributed by atoms with Gasteiger partial charge in [0.2, 0.25) is 0 Å². The van der Waals surface area contributed by atoms with E-state index in [1.165, 1.54) is 6.92 Å². The minimum atomic E-state index is -0.250. The van der Waals surface area contributed by atoms with Crippen LogP contribution in [0.15, 0.2) is 0 Å². The first-order chi connectivity index (χ1) is 5.66. The number of ether oxygens (including phenoxy) is 1. The maximum atomic E-state index is 10.3. The number of hydrogen-bond acceptors (Lipinski definition) is 3. The predicted octanol–water partition coefficient (Wildman–Crippen LogP) is 1.49. The number of carbonyl (C=O) groups excluding carboxylic acids is 1. The van der Waals surface area contributed by atoms with Gasteiger partial charge in [-0.25, -0.2) is 0 Å². The van der Waals surface area contributed by atoms with E-state index in [9.17, 15) is 9.90 Å². The van der Waals surface area contributed by atoms with Crippen LogP contribution in [0.5, 0.6) is 0 Å². The lowest BCUT2D eigenvalue weighted by molar-refractivity contribution is -0.141. The zero-order chi connectivity index (χ0) is 9.40. The average Bonchev–Trinajstić information content (AvgIpc) is 1.98. The first-order valence-electron chi connectivity index (χ1n) is 4.48. The van der Waals surface area contributed by atoms with Gasteiger partial charge >= 0.3 is 5.97 Å². The van der Waals surface area contributed by atoms with E-state index in [1.807, 2.05) is 6.92 Å². The molecule has 0 radical (unpaired) electrons. The predicted molar refractivity (Wildman–Crippen MR) is 46.8 cm³/mol. The summed E-state index contributed by atoms with van der Waals surface area (Å²) < 4.78 is 4.72. The SMILES string of the molecule is CCCC(O)CCCOC(C)=O. The maximum Gasteiger partial charge on any atom is 0.302 e. The Hall–Kier alpha value is -0.570. The summed E-state index contributed by atoms with van der Waals surface area (Å²) in [6.45, 7) is 3.86. The summed E-state index contributed by atoms with van der Waals surface area (Å²) >= 11 is 0. The molecule has 0 rings (SSSR count). The van der Waals surface area contributed by atoms with E-state index < -0.39 is 0 Å². The molecule has 3 nitrogen and oxygen atoms in total. The van der Waals surface area contributed by atoms with Crippen LogP contribution in [0, 0.1) is 0 Å². The van der Waals surface area contributed by atoms with Gasteiger partial charge in [-0.2, -0.15) is 0 Å². The van der Waals surface area contributed by atoms with Gasteiger partial charge in [0.25, 0.3) is 0 Å². The molecule has 0 aromatic heterocycles. The Balaban J connectivity index is 3.13. The minimum absolute atomic E-state index is 0.231. The zero-order valence-corrected chi connectivity index (χ0v) is 7.88. The Morgan fingerprint density at radius 2 is 2.17 bits per heavy atom. The second kappa shape index (κ2) is 7.10. The molecule has 0 aromatic carbocycles. The molecule has 0 aliphatic rings. The zero-order valence-electron chi connectivity index (χ0n) is 7.88. The Morgan fingerprint density at radius 1 is 1.50 bits per heavy atom. The summed E-state index contributed by atoms with van der Waals surface area (Å²) in [6, 6.07) is 0. The van der Waals surface area contributed by atoms with Crippen molar-refractivity contribution in [1.82, 2.24) is 0 Å². The number of rotatable bonds is 6. The molecule has 0 aromatic rings. The van der Waals surface area contributed by atoms with Crippen molar-refractivity contribution in [3.05, 3.63) is 0 Å². The highest BCUT2D eigenvalue weighted by molar-refractivity contribution is 5.65. The highest BCUT2D eigenvalue weighted by Crippen LogP contribution is 2.03. The molecule has 1 N–H and O–H groups in total. The third kappa shape index (κ3) is 7.54. The molecule has 0 heterocycles. The molecule has 0 saturated carbocycles. The summed E-state index contributed by atoms with van der Waals surface area (Å²) in [4.78, 5) is 10.3. The number of hydrogen-bond donors (Lipinski definition) is 1. The standard InChI is InChI=1S/C9H18O3/c1-3-5-9(11)6-4-7-12-8(2)10/h9,11H,3-7H2,1-2H3. The highest BCUT2D eigenvalue weighted by Gasteiger charge is 2.02. The van der Waals surface area contributed by atoms with Crippen molar-refractivity contribution in [2.75, 3.05) is 6.61 Å². The van der Waals surface area contributed by atoms with Crippen molar-refractivity contribution in [2.45, 2.75) is 45.6 Å². The first-order valence-corrected chi connectivity index (χ1v) is 4.48. The van der Waals surface area contributed by atoms with E-state index in [-0.39, 0.29) is 12.1 Å². The van der Waals surface area contributed by atoms with Gasteiger partial charge in [0.1, 0.15) is 0 Å². The Kier molecular flexibility index (Phi) is 6.76. The largest absolute Gasteiger partial charge is 0.466 e. The molecular formula is C9H18O3. The van der Waals surface area contributed by atoms with E-state index in [1.54, 1.807) is 0 Å². The number of aliphatic hydroxyl groups excluding tert-OH is 1. The Morgan fingerprint density at radius 3 is 2.67 bits per heavy atom. The van der Waals surface area contributed by atoms with Gasteiger partial charge in [-0.1, -0.05) is 13.3 Å². The molecule has 0 aliphatic heterocycles. The lowest BCUT2D eigenvalue weighted by atomic mass is 10.1. The van der Waals surface area contributed by atoms with Crippen LogP contribution in [0.1, 0.15) is 39.5 Å². The second-order valence-corrected chi connectivity index (χ2v) is 2.92. The van der Waals surface area contributed by atoms with Crippen molar-refractivity contribution in [1.29, 1.82) is 0 Å². The van der Waals surface area contributed by atoms with Gasteiger partial charge in [0.15, 0.2) is 0 Å². The van der Waals surface area contributed by atoms with Crippen LogP contribution in [0.4, 0.5) is 0 Å². The molecule has 1 unspecified atom stereocenters. The lowest BCUT2D eigenvalue weighted by Gasteiger charge is -2.08. The third-order valence-corrected chi connectivity index (χ3v) is 1.61. The number of esters is 1. The maximum absolute atomic E-state index is 10.3. The van der Waals surface area contributed by atoms with E-state index in [4.69, 9.17) is 4.74 Å². The van der Waals surface area contributed by atoms with Crippen LogP contribution < -0.4 is 0 Å². The fourth-order valence-corrected chi connectivity index (χ4v) is 1.01. The average molecular weight is 174 g/mol. The molecule has 0 saturated heterocycles. The molecule has 0 spiro atoms. The van der Waals surface area contributed by atoms with Gasteiger partial charge in [-0.15, -0.1) is 0 Å². The molecule has 12 heavy (non-hydrogen) atoms. The van der Waals surface area contributed by atoms with Crippen LogP contribution in [0.2, 0.25) is 0 Å². The van der Waals surface area contributed by atoms with E-state index >= 15 is 0 Å². The molecule has 0 bridgehead atoms. The lowest BCUT2D eigenvalue weighted by Crippen LogP contribution is -2.08. The van der Waals surface area contributed by atoms with E-state index in [0.717, 1.165) is 25.7 Å². The van der Waals surface area contributed by atoms with Crippen LogP contribution in [-0.4, -0.2) is 23.8 Å². The van der Waals surface area contributed by atoms with E-state index in [2.05, 4.69) is 0 Å². The van der Waals surface area contributed by atoms with Crippen molar-refractivity contribution < 1.29 is 14.6 Å². The first kappa shape index (κ1) is 11.4. The van der Waals surface area contributed by atoms with Crippen LogP contribution in [-0.2, 0) is 9.53 Å². The van der Waals surface area contributed by atoms with Gasteiger partial charge in [0.05, 0.1) is 12.7 Å². The highest BCUT2D eigenvalue weighted by atomic mass is 16.5. The summed E-state index contributed by atoms with van der Waals surface area (Å²) in [5, 5.41) is 9.27. The van der Waals surface area contributed by atoms with Crippen molar-refractivity contribution in [3.63, 3.8) is 0 Å². The van der Waals surface area contributed by atoms with Gasteiger partial charge < -0.3 is 9.84 Å². The molecule has 72 valence electrons. The minimum Gasteiger partial charge on any atom is -0.466 e. The number of carbonyl (C=O) groups is 1. The molecule has 0 aliphatic carbocycles. The summed E-state index contributed by atoms with van der Waals surface area (Å²) in [5.74, 6) is -0.250. The fraction of sp³-hybridized carbons (Fsp3) is 0.889. The summed E-state index contributed by atoms with van der Waals surface area (Å²) in [7, 11) is 0. The molecule has 3 heteroatoms. The normalized spacial score (nSPS) is 12.6.